The molecule has 2 rings (SSSR count). The van der Waals surface area contributed by atoms with Crippen molar-refractivity contribution in [1.29, 1.82) is 0 Å². The highest BCUT2D eigenvalue weighted by molar-refractivity contribution is 8.00. The van der Waals surface area contributed by atoms with E-state index in [0.717, 1.165) is 37.1 Å². The molecule has 0 bridgehead atoms. The van der Waals surface area contributed by atoms with E-state index < -0.39 is 0 Å². The number of nitrogens with one attached hydrogen (secondary N) is 1. The fourth-order valence-corrected chi connectivity index (χ4v) is 4.67. The molecule has 0 aromatic heterocycles. The van der Waals surface area contributed by atoms with Gasteiger partial charge in [0, 0.05) is 15.7 Å². The maximum Gasteiger partial charge on any atom is 0.0613 e. The molecule has 1 aromatic carbocycles. The SMILES string of the molecule is CCCNC1(CO)CCCC(Sc2ccc(Cl)c(Cl)c2)C1. The second-order valence-electron chi connectivity index (χ2n) is 5.78. The minimum absolute atomic E-state index is 0.109. The molecule has 118 valence electrons. The highest BCUT2D eigenvalue weighted by Gasteiger charge is 2.35. The monoisotopic (exact) mass is 347 g/mol. The average molecular weight is 348 g/mol. The van der Waals surface area contributed by atoms with Crippen molar-refractivity contribution in [2.24, 2.45) is 0 Å². The predicted octanol–water partition coefficient (Wildman–Crippen LogP) is 4.76. The summed E-state index contributed by atoms with van der Waals surface area (Å²) in [5, 5.41) is 15.1. The summed E-state index contributed by atoms with van der Waals surface area (Å²) in [7, 11) is 0. The lowest BCUT2D eigenvalue weighted by molar-refractivity contribution is 0.124. The number of halogens is 2. The minimum atomic E-state index is -0.109. The van der Waals surface area contributed by atoms with Crippen LogP contribution in [0.2, 0.25) is 10.0 Å². The van der Waals surface area contributed by atoms with E-state index in [9.17, 15) is 5.11 Å². The molecular weight excluding hydrogens is 325 g/mol. The molecule has 1 aliphatic carbocycles. The van der Waals surface area contributed by atoms with E-state index in [0.29, 0.717) is 15.3 Å². The van der Waals surface area contributed by atoms with Gasteiger partial charge in [-0.05, 0) is 50.4 Å². The minimum Gasteiger partial charge on any atom is -0.394 e. The van der Waals surface area contributed by atoms with Crippen LogP contribution in [0.25, 0.3) is 0 Å². The third-order valence-corrected chi connectivity index (χ3v) is 6.05. The van der Waals surface area contributed by atoms with Crippen molar-refractivity contribution >= 4 is 35.0 Å². The first-order valence-electron chi connectivity index (χ1n) is 7.56. The molecule has 2 nitrogen and oxygen atoms in total. The summed E-state index contributed by atoms with van der Waals surface area (Å²) in [5.74, 6) is 0. The van der Waals surface area contributed by atoms with Gasteiger partial charge in [0.1, 0.15) is 0 Å². The third kappa shape index (κ3) is 4.77. The molecule has 0 aliphatic heterocycles. The molecule has 1 aliphatic rings. The molecule has 2 N–H and O–H groups in total. The molecule has 0 spiro atoms. The van der Waals surface area contributed by atoms with Crippen LogP contribution in [0.1, 0.15) is 39.0 Å². The molecule has 0 radical (unpaired) electrons. The number of aliphatic hydroxyl groups is 1. The molecule has 0 amide bonds. The largest absolute Gasteiger partial charge is 0.394 e. The molecule has 0 saturated heterocycles. The zero-order valence-corrected chi connectivity index (χ0v) is 14.7. The van der Waals surface area contributed by atoms with E-state index >= 15 is 0 Å². The fraction of sp³-hybridized carbons (Fsp3) is 0.625. The Bertz CT molecular complexity index is 472. The Labute approximate surface area is 141 Å². The summed E-state index contributed by atoms with van der Waals surface area (Å²) < 4.78 is 0. The van der Waals surface area contributed by atoms with E-state index in [1.807, 2.05) is 30.0 Å². The van der Waals surface area contributed by atoms with Gasteiger partial charge in [-0.2, -0.15) is 0 Å². The maximum absolute atomic E-state index is 9.82. The van der Waals surface area contributed by atoms with E-state index in [4.69, 9.17) is 23.2 Å². The van der Waals surface area contributed by atoms with Crippen LogP contribution in [0.3, 0.4) is 0 Å². The Kier molecular flexibility index (Phi) is 6.70. The molecule has 0 heterocycles. The number of thioether (sulfide) groups is 1. The Morgan fingerprint density at radius 3 is 2.86 bits per heavy atom. The highest BCUT2D eigenvalue weighted by atomic mass is 35.5. The van der Waals surface area contributed by atoms with Crippen molar-refractivity contribution in [3.8, 4) is 0 Å². The van der Waals surface area contributed by atoms with Crippen molar-refractivity contribution in [3.05, 3.63) is 28.2 Å². The van der Waals surface area contributed by atoms with Crippen LogP contribution in [0, 0.1) is 0 Å². The number of aliphatic hydroxyl groups excluding tert-OH is 1. The van der Waals surface area contributed by atoms with Crippen molar-refractivity contribution in [1.82, 2.24) is 5.32 Å². The Hall–Kier alpha value is 0.0700. The van der Waals surface area contributed by atoms with Gasteiger partial charge in [-0.25, -0.2) is 0 Å². The summed E-state index contributed by atoms with van der Waals surface area (Å²) in [4.78, 5) is 1.15. The quantitative estimate of drug-likeness (QED) is 0.777. The second kappa shape index (κ2) is 8.07. The molecule has 1 aromatic rings. The first-order chi connectivity index (χ1) is 10.1. The highest BCUT2D eigenvalue weighted by Crippen LogP contribution is 2.39. The van der Waals surface area contributed by atoms with Gasteiger partial charge in [-0.15, -0.1) is 11.8 Å². The third-order valence-electron chi connectivity index (χ3n) is 4.05. The topological polar surface area (TPSA) is 32.3 Å². The van der Waals surface area contributed by atoms with Crippen LogP contribution in [-0.2, 0) is 0 Å². The number of benzene rings is 1. The number of rotatable bonds is 6. The van der Waals surface area contributed by atoms with Crippen LogP contribution in [0.4, 0.5) is 0 Å². The Balaban J connectivity index is 2.01. The van der Waals surface area contributed by atoms with E-state index in [1.165, 1.54) is 6.42 Å². The number of hydrogen-bond donors (Lipinski definition) is 2. The van der Waals surface area contributed by atoms with Crippen LogP contribution in [-0.4, -0.2) is 29.0 Å². The molecule has 2 unspecified atom stereocenters. The molecule has 1 saturated carbocycles. The summed E-state index contributed by atoms with van der Waals surface area (Å²) in [6.07, 6.45) is 5.47. The van der Waals surface area contributed by atoms with E-state index in [2.05, 4.69) is 12.2 Å². The smallest absolute Gasteiger partial charge is 0.0613 e. The van der Waals surface area contributed by atoms with Crippen molar-refractivity contribution in [2.75, 3.05) is 13.2 Å². The van der Waals surface area contributed by atoms with E-state index in [1.54, 1.807) is 0 Å². The molecule has 5 heteroatoms. The van der Waals surface area contributed by atoms with Crippen LogP contribution in [0.5, 0.6) is 0 Å². The molecular formula is C16H23Cl2NOS. The second-order valence-corrected chi connectivity index (χ2v) is 7.97. The van der Waals surface area contributed by atoms with Gasteiger partial charge in [0.05, 0.1) is 16.7 Å². The van der Waals surface area contributed by atoms with E-state index in [-0.39, 0.29) is 12.1 Å². The summed E-state index contributed by atoms with van der Waals surface area (Å²) in [5.41, 5.74) is -0.109. The first-order valence-corrected chi connectivity index (χ1v) is 9.20. The van der Waals surface area contributed by atoms with Gasteiger partial charge in [-0.1, -0.05) is 36.5 Å². The van der Waals surface area contributed by atoms with Gasteiger partial charge in [-0.3, -0.25) is 0 Å². The zero-order valence-electron chi connectivity index (χ0n) is 12.4. The van der Waals surface area contributed by atoms with Gasteiger partial charge < -0.3 is 10.4 Å². The lowest BCUT2D eigenvalue weighted by Gasteiger charge is -2.40. The number of hydrogen-bond acceptors (Lipinski definition) is 3. The van der Waals surface area contributed by atoms with Gasteiger partial charge in [0.2, 0.25) is 0 Å². The van der Waals surface area contributed by atoms with Crippen molar-refractivity contribution < 1.29 is 5.11 Å². The van der Waals surface area contributed by atoms with Crippen LogP contribution in [0.15, 0.2) is 23.1 Å². The molecule has 2 atom stereocenters. The lowest BCUT2D eigenvalue weighted by atomic mass is 9.82. The van der Waals surface area contributed by atoms with Crippen LogP contribution >= 0.6 is 35.0 Å². The van der Waals surface area contributed by atoms with Crippen LogP contribution < -0.4 is 5.32 Å². The average Bonchev–Trinajstić information content (AvgIpc) is 2.49. The normalized spacial score (nSPS) is 26.0. The summed E-state index contributed by atoms with van der Waals surface area (Å²) >= 11 is 13.9. The molecule has 1 fully saturated rings. The Morgan fingerprint density at radius 1 is 1.38 bits per heavy atom. The maximum atomic E-state index is 9.82. The van der Waals surface area contributed by atoms with Gasteiger partial charge >= 0.3 is 0 Å². The van der Waals surface area contributed by atoms with Gasteiger partial charge in [0.15, 0.2) is 0 Å². The molecule has 21 heavy (non-hydrogen) atoms. The lowest BCUT2D eigenvalue weighted by Crippen LogP contribution is -2.52. The zero-order chi connectivity index (χ0) is 15.3. The standard InChI is InChI=1S/C16H23Cl2NOS/c1-2-8-19-16(11-20)7-3-4-13(10-16)21-12-5-6-14(17)15(18)9-12/h5-6,9,13,19-20H,2-4,7-8,10-11H2,1H3. The predicted molar refractivity (Wildman–Crippen MR) is 92.7 cm³/mol. The summed E-state index contributed by atoms with van der Waals surface area (Å²) in [6, 6.07) is 5.81. The van der Waals surface area contributed by atoms with Gasteiger partial charge in [0.25, 0.3) is 0 Å². The summed E-state index contributed by atoms with van der Waals surface area (Å²) in [6.45, 7) is 3.33. The van der Waals surface area contributed by atoms with Crippen molar-refractivity contribution in [3.63, 3.8) is 0 Å². The first kappa shape index (κ1) is 17.4. The Morgan fingerprint density at radius 2 is 2.19 bits per heavy atom. The van der Waals surface area contributed by atoms with Crippen molar-refractivity contribution in [2.45, 2.75) is 54.7 Å². The fourth-order valence-electron chi connectivity index (χ4n) is 2.90.